The van der Waals surface area contributed by atoms with Crippen molar-refractivity contribution in [1.82, 2.24) is 14.5 Å². The van der Waals surface area contributed by atoms with Gasteiger partial charge in [-0.1, -0.05) is 36.0 Å². The standard InChI is InChI=1S/C17H13N3O2S/c1-19-14-9-5-4-8-13(14)18-17(19)23-10-20-15(21)11-6-2-3-7-12(11)16(20)22/h2-9H,10H2,1H3. The SMILES string of the molecule is Cn1c(SCN2C(=O)c3ccccc3C2=O)nc2ccccc21. The average Bonchev–Trinajstić information content (AvgIpc) is 3.02. The molecule has 2 heterocycles. The maximum atomic E-state index is 12.4. The number of carbonyl (C=O) groups is 2. The highest BCUT2D eigenvalue weighted by Gasteiger charge is 2.35. The summed E-state index contributed by atoms with van der Waals surface area (Å²) in [5, 5.41) is 0.780. The van der Waals surface area contributed by atoms with E-state index >= 15 is 0 Å². The molecule has 0 atom stereocenters. The van der Waals surface area contributed by atoms with Gasteiger partial charge in [-0.2, -0.15) is 0 Å². The molecule has 0 unspecified atom stereocenters. The van der Waals surface area contributed by atoms with Crippen LogP contribution in [0.5, 0.6) is 0 Å². The van der Waals surface area contributed by atoms with Crippen molar-refractivity contribution in [3.8, 4) is 0 Å². The summed E-state index contributed by atoms with van der Waals surface area (Å²) < 4.78 is 1.97. The molecule has 3 aromatic rings. The molecule has 1 aliphatic rings. The number of hydrogen-bond donors (Lipinski definition) is 0. The van der Waals surface area contributed by atoms with Gasteiger partial charge >= 0.3 is 0 Å². The lowest BCUT2D eigenvalue weighted by molar-refractivity contribution is 0.0684. The fraction of sp³-hybridized carbons (Fsp3) is 0.118. The molecular weight excluding hydrogens is 310 g/mol. The maximum Gasteiger partial charge on any atom is 0.262 e. The molecule has 4 rings (SSSR count). The van der Waals surface area contributed by atoms with E-state index < -0.39 is 0 Å². The zero-order valence-electron chi connectivity index (χ0n) is 12.4. The molecule has 2 aromatic carbocycles. The van der Waals surface area contributed by atoms with Crippen LogP contribution >= 0.6 is 11.8 Å². The van der Waals surface area contributed by atoms with E-state index in [1.165, 1.54) is 16.7 Å². The van der Waals surface area contributed by atoms with Gasteiger partial charge < -0.3 is 4.57 Å². The fourth-order valence-electron chi connectivity index (χ4n) is 2.73. The number of imidazole rings is 1. The van der Waals surface area contributed by atoms with Gasteiger partial charge in [0.2, 0.25) is 0 Å². The molecule has 0 bridgehead atoms. The summed E-state index contributed by atoms with van der Waals surface area (Å²) in [6.07, 6.45) is 0. The van der Waals surface area contributed by atoms with Crippen LogP contribution in [0.4, 0.5) is 0 Å². The summed E-state index contributed by atoms with van der Waals surface area (Å²) in [6, 6.07) is 14.8. The molecule has 0 spiro atoms. The molecule has 0 radical (unpaired) electrons. The van der Waals surface area contributed by atoms with Gasteiger partial charge in [-0.3, -0.25) is 14.5 Å². The van der Waals surface area contributed by atoms with Crippen LogP contribution in [-0.2, 0) is 7.05 Å². The molecule has 1 aliphatic heterocycles. The van der Waals surface area contributed by atoms with E-state index in [1.54, 1.807) is 24.3 Å². The summed E-state index contributed by atoms with van der Waals surface area (Å²) in [4.78, 5) is 30.5. The molecule has 23 heavy (non-hydrogen) atoms. The predicted molar refractivity (Wildman–Crippen MR) is 88.4 cm³/mol. The quantitative estimate of drug-likeness (QED) is 0.549. The van der Waals surface area contributed by atoms with E-state index in [9.17, 15) is 9.59 Å². The Kier molecular flexibility index (Phi) is 3.20. The van der Waals surface area contributed by atoms with Gasteiger partial charge in [-0.25, -0.2) is 4.98 Å². The molecule has 1 aromatic heterocycles. The summed E-state index contributed by atoms with van der Waals surface area (Å²) in [5.41, 5.74) is 2.88. The van der Waals surface area contributed by atoms with Crippen LogP contribution in [0.2, 0.25) is 0 Å². The Morgan fingerprint density at radius 1 is 0.957 bits per heavy atom. The molecule has 0 saturated carbocycles. The first-order chi connectivity index (χ1) is 11.2. The molecule has 0 aliphatic carbocycles. The average molecular weight is 323 g/mol. The minimum atomic E-state index is -0.239. The second-order valence-corrected chi connectivity index (χ2v) is 6.21. The van der Waals surface area contributed by atoms with Gasteiger partial charge in [0.15, 0.2) is 5.16 Å². The van der Waals surface area contributed by atoms with Crippen molar-refractivity contribution in [2.75, 3.05) is 5.88 Å². The minimum Gasteiger partial charge on any atom is -0.322 e. The summed E-state index contributed by atoms with van der Waals surface area (Å²) in [5.74, 6) is -0.225. The number of aryl methyl sites for hydroxylation is 1. The van der Waals surface area contributed by atoms with Crippen LogP contribution in [0.3, 0.4) is 0 Å². The number of thioether (sulfide) groups is 1. The number of amides is 2. The van der Waals surface area contributed by atoms with Crippen LogP contribution in [0, 0.1) is 0 Å². The molecule has 0 N–H and O–H groups in total. The summed E-state index contributed by atoms with van der Waals surface area (Å²) >= 11 is 1.38. The van der Waals surface area contributed by atoms with Crippen molar-refractivity contribution in [1.29, 1.82) is 0 Å². The lowest BCUT2D eigenvalue weighted by atomic mass is 10.1. The Labute approximate surface area is 136 Å². The van der Waals surface area contributed by atoms with Crippen molar-refractivity contribution in [3.63, 3.8) is 0 Å². The fourth-order valence-corrected chi connectivity index (χ4v) is 3.67. The van der Waals surface area contributed by atoms with Crippen molar-refractivity contribution in [2.24, 2.45) is 7.05 Å². The lowest BCUT2D eigenvalue weighted by Crippen LogP contribution is -2.29. The zero-order chi connectivity index (χ0) is 16.0. The van der Waals surface area contributed by atoms with Crippen LogP contribution in [0.1, 0.15) is 20.7 Å². The molecular formula is C17H13N3O2S. The van der Waals surface area contributed by atoms with Crippen molar-refractivity contribution < 1.29 is 9.59 Å². The number of para-hydroxylation sites is 2. The topological polar surface area (TPSA) is 55.2 Å². The van der Waals surface area contributed by atoms with Crippen LogP contribution < -0.4 is 0 Å². The van der Waals surface area contributed by atoms with Crippen LogP contribution in [0.15, 0.2) is 53.7 Å². The van der Waals surface area contributed by atoms with Crippen LogP contribution in [-0.4, -0.2) is 32.1 Å². The highest BCUT2D eigenvalue weighted by atomic mass is 32.2. The van der Waals surface area contributed by atoms with E-state index in [0.29, 0.717) is 11.1 Å². The molecule has 2 amide bonds. The number of fused-ring (bicyclic) bond motifs is 2. The second-order valence-electron chi connectivity index (χ2n) is 5.30. The van der Waals surface area contributed by atoms with E-state index in [-0.39, 0.29) is 17.7 Å². The summed E-state index contributed by atoms with van der Waals surface area (Å²) in [6.45, 7) is 0. The Morgan fingerprint density at radius 3 is 2.22 bits per heavy atom. The highest BCUT2D eigenvalue weighted by Crippen LogP contribution is 2.28. The monoisotopic (exact) mass is 323 g/mol. The highest BCUT2D eigenvalue weighted by molar-refractivity contribution is 7.99. The number of nitrogens with zero attached hydrogens (tertiary/aromatic N) is 3. The Morgan fingerprint density at radius 2 is 1.57 bits per heavy atom. The Hall–Kier alpha value is -2.60. The molecule has 0 saturated heterocycles. The van der Waals surface area contributed by atoms with Crippen molar-refractivity contribution >= 4 is 34.6 Å². The molecule has 5 nitrogen and oxygen atoms in total. The Balaban J connectivity index is 1.59. The van der Waals surface area contributed by atoms with Gasteiger partial charge in [0.1, 0.15) is 0 Å². The number of imide groups is 1. The molecule has 0 fully saturated rings. The van der Waals surface area contributed by atoms with Gasteiger partial charge in [-0.05, 0) is 24.3 Å². The van der Waals surface area contributed by atoms with Crippen LogP contribution in [0.25, 0.3) is 11.0 Å². The first-order valence-electron chi connectivity index (χ1n) is 7.16. The Bertz CT molecular complexity index is 913. The van der Waals surface area contributed by atoms with Gasteiger partial charge in [0.05, 0.1) is 28.0 Å². The first kappa shape index (κ1) is 14.0. The van der Waals surface area contributed by atoms with Crippen molar-refractivity contribution in [2.45, 2.75) is 5.16 Å². The maximum absolute atomic E-state index is 12.4. The van der Waals surface area contributed by atoms with E-state index in [1.807, 2.05) is 35.9 Å². The van der Waals surface area contributed by atoms with E-state index in [2.05, 4.69) is 4.98 Å². The van der Waals surface area contributed by atoms with E-state index in [0.717, 1.165) is 16.2 Å². The normalized spacial score (nSPS) is 13.9. The molecule has 114 valence electrons. The zero-order valence-corrected chi connectivity index (χ0v) is 13.2. The number of aromatic nitrogens is 2. The van der Waals surface area contributed by atoms with Crippen molar-refractivity contribution in [3.05, 3.63) is 59.7 Å². The summed E-state index contributed by atoms with van der Waals surface area (Å²) in [7, 11) is 1.93. The number of hydrogen-bond acceptors (Lipinski definition) is 4. The number of rotatable bonds is 3. The third-order valence-electron chi connectivity index (χ3n) is 3.95. The van der Waals surface area contributed by atoms with Gasteiger partial charge in [-0.15, -0.1) is 0 Å². The molecule has 6 heteroatoms. The third kappa shape index (κ3) is 2.14. The lowest BCUT2D eigenvalue weighted by Gasteiger charge is -2.12. The minimum absolute atomic E-state index is 0.239. The second kappa shape index (κ2) is 5.24. The smallest absolute Gasteiger partial charge is 0.262 e. The van der Waals surface area contributed by atoms with Gasteiger partial charge in [0, 0.05) is 7.05 Å². The third-order valence-corrected chi connectivity index (χ3v) is 4.96. The van der Waals surface area contributed by atoms with Gasteiger partial charge in [0.25, 0.3) is 11.8 Å². The largest absolute Gasteiger partial charge is 0.322 e. The van der Waals surface area contributed by atoms with E-state index in [4.69, 9.17) is 0 Å². The number of carbonyl (C=O) groups excluding carboxylic acids is 2. The number of benzene rings is 2. The first-order valence-corrected chi connectivity index (χ1v) is 8.15. The predicted octanol–water partition coefficient (Wildman–Crippen LogP) is 2.92.